The van der Waals surface area contributed by atoms with Crippen LogP contribution in [0.5, 0.6) is 0 Å². The minimum atomic E-state index is 0.137. The second-order valence-corrected chi connectivity index (χ2v) is 5.06. The summed E-state index contributed by atoms with van der Waals surface area (Å²) < 4.78 is 2.69. The molecule has 0 aliphatic carbocycles. The van der Waals surface area contributed by atoms with Gasteiger partial charge in [-0.1, -0.05) is 60.7 Å². The molecule has 1 heterocycles. The monoisotopic (exact) mass is 281 g/mol. The molecule has 0 radical (unpaired) electrons. The number of aromatic amines is 1. The lowest BCUT2D eigenvalue weighted by atomic mass is 10.1. The van der Waals surface area contributed by atoms with E-state index in [9.17, 15) is 0 Å². The maximum absolute atomic E-state index is 5.39. The first-order valence-electron chi connectivity index (χ1n) is 6.54. The maximum Gasteiger partial charge on any atom is 0.196 e. The molecular formula is C16H15N3S. The van der Waals surface area contributed by atoms with Gasteiger partial charge in [-0.25, -0.2) is 0 Å². The van der Waals surface area contributed by atoms with Gasteiger partial charge in [0.1, 0.15) is 0 Å². The van der Waals surface area contributed by atoms with Crippen LogP contribution in [-0.4, -0.2) is 14.8 Å². The third-order valence-electron chi connectivity index (χ3n) is 3.41. The van der Waals surface area contributed by atoms with Crippen LogP contribution in [0.1, 0.15) is 18.5 Å². The van der Waals surface area contributed by atoms with Crippen molar-refractivity contribution in [1.29, 1.82) is 0 Å². The first kappa shape index (κ1) is 12.8. The van der Waals surface area contributed by atoms with Crippen molar-refractivity contribution in [2.24, 2.45) is 0 Å². The summed E-state index contributed by atoms with van der Waals surface area (Å²) in [5.74, 6) is 0.868. The summed E-state index contributed by atoms with van der Waals surface area (Å²) in [6.45, 7) is 2.13. The molecule has 100 valence electrons. The largest absolute Gasteiger partial charge is 0.293 e. The SMILES string of the molecule is C[C@H](c1ccccc1)n1c(-c2ccccc2)n[nH]c1=S. The average molecular weight is 281 g/mol. The lowest BCUT2D eigenvalue weighted by Crippen LogP contribution is -2.08. The van der Waals surface area contributed by atoms with Gasteiger partial charge in [0.25, 0.3) is 0 Å². The summed E-state index contributed by atoms with van der Waals surface area (Å²) in [6.07, 6.45) is 0. The Kier molecular flexibility index (Phi) is 3.48. The first-order valence-corrected chi connectivity index (χ1v) is 6.95. The van der Waals surface area contributed by atoms with Gasteiger partial charge in [0, 0.05) is 5.56 Å². The number of H-pyrrole nitrogens is 1. The number of rotatable bonds is 3. The molecule has 2 aromatic carbocycles. The van der Waals surface area contributed by atoms with Crippen molar-refractivity contribution in [3.8, 4) is 11.4 Å². The van der Waals surface area contributed by atoms with Crippen LogP contribution >= 0.6 is 12.2 Å². The van der Waals surface area contributed by atoms with Crippen molar-refractivity contribution in [1.82, 2.24) is 14.8 Å². The summed E-state index contributed by atoms with van der Waals surface area (Å²) in [6, 6.07) is 20.5. The minimum Gasteiger partial charge on any atom is -0.293 e. The molecule has 0 bridgehead atoms. The molecule has 4 heteroatoms. The first-order chi connectivity index (χ1) is 9.77. The molecular weight excluding hydrogens is 266 g/mol. The average Bonchev–Trinajstić information content (AvgIpc) is 2.90. The molecule has 0 spiro atoms. The molecule has 3 rings (SSSR count). The highest BCUT2D eigenvalue weighted by Crippen LogP contribution is 2.25. The van der Waals surface area contributed by atoms with Crippen LogP contribution in [0, 0.1) is 4.77 Å². The van der Waals surface area contributed by atoms with E-state index in [4.69, 9.17) is 12.2 Å². The Morgan fingerprint density at radius 1 is 1.00 bits per heavy atom. The van der Waals surface area contributed by atoms with E-state index in [-0.39, 0.29) is 6.04 Å². The van der Waals surface area contributed by atoms with Crippen LogP contribution < -0.4 is 0 Å². The molecule has 20 heavy (non-hydrogen) atoms. The van der Waals surface area contributed by atoms with Crippen molar-refractivity contribution in [2.75, 3.05) is 0 Å². The van der Waals surface area contributed by atoms with Crippen molar-refractivity contribution < 1.29 is 0 Å². The fourth-order valence-corrected chi connectivity index (χ4v) is 2.63. The summed E-state index contributed by atoms with van der Waals surface area (Å²) >= 11 is 5.39. The second kappa shape index (κ2) is 5.43. The molecule has 0 saturated carbocycles. The Labute approximate surface area is 122 Å². The number of benzene rings is 2. The Morgan fingerprint density at radius 2 is 1.60 bits per heavy atom. The van der Waals surface area contributed by atoms with Gasteiger partial charge in [-0.2, -0.15) is 5.10 Å². The highest BCUT2D eigenvalue weighted by molar-refractivity contribution is 7.71. The predicted molar refractivity (Wildman–Crippen MR) is 83.1 cm³/mol. The minimum absolute atomic E-state index is 0.137. The maximum atomic E-state index is 5.39. The van der Waals surface area contributed by atoms with Crippen LogP contribution in [0.3, 0.4) is 0 Å². The van der Waals surface area contributed by atoms with E-state index < -0.39 is 0 Å². The normalized spacial score (nSPS) is 12.2. The molecule has 1 aromatic heterocycles. The van der Waals surface area contributed by atoms with Gasteiger partial charge in [-0.15, -0.1) is 0 Å². The zero-order chi connectivity index (χ0) is 13.9. The van der Waals surface area contributed by atoms with Crippen LogP contribution in [-0.2, 0) is 0 Å². The van der Waals surface area contributed by atoms with E-state index in [1.807, 2.05) is 48.5 Å². The lowest BCUT2D eigenvalue weighted by molar-refractivity contribution is 0.635. The fraction of sp³-hybridized carbons (Fsp3) is 0.125. The highest BCUT2D eigenvalue weighted by Gasteiger charge is 2.15. The molecule has 1 N–H and O–H groups in total. The molecule has 0 amide bonds. The Morgan fingerprint density at radius 3 is 2.25 bits per heavy atom. The molecule has 3 nitrogen and oxygen atoms in total. The number of nitrogens with one attached hydrogen (secondary N) is 1. The van der Waals surface area contributed by atoms with Crippen molar-refractivity contribution in [2.45, 2.75) is 13.0 Å². The summed E-state index contributed by atoms with van der Waals surface area (Å²) in [5.41, 5.74) is 2.27. The molecule has 1 atom stereocenters. The smallest absolute Gasteiger partial charge is 0.196 e. The Hall–Kier alpha value is -2.20. The summed E-state index contributed by atoms with van der Waals surface area (Å²) in [4.78, 5) is 0. The van der Waals surface area contributed by atoms with Gasteiger partial charge >= 0.3 is 0 Å². The standard InChI is InChI=1S/C16H15N3S/c1-12(13-8-4-2-5-9-13)19-15(17-18-16(19)20)14-10-6-3-7-11-14/h2-12H,1H3,(H,18,20)/t12-/m1/s1. The highest BCUT2D eigenvalue weighted by atomic mass is 32.1. The van der Waals surface area contributed by atoms with E-state index in [0.29, 0.717) is 4.77 Å². The van der Waals surface area contributed by atoms with Crippen LogP contribution in [0.2, 0.25) is 0 Å². The lowest BCUT2D eigenvalue weighted by Gasteiger charge is -2.16. The quantitative estimate of drug-likeness (QED) is 0.729. The van der Waals surface area contributed by atoms with Crippen molar-refractivity contribution >= 4 is 12.2 Å². The van der Waals surface area contributed by atoms with E-state index in [0.717, 1.165) is 11.4 Å². The molecule has 0 saturated heterocycles. The van der Waals surface area contributed by atoms with Crippen molar-refractivity contribution in [3.05, 3.63) is 71.0 Å². The van der Waals surface area contributed by atoms with Gasteiger partial charge in [-0.05, 0) is 24.7 Å². The zero-order valence-corrected chi connectivity index (χ0v) is 12.0. The molecule has 0 unspecified atom stereocenters. The topological polar surface area (TPSA) is 33.6 Å². The fourth-order valence-electron chi connectivity index (χ4n) is 2.34. The third kappa shape index (κ3) is 2.30. The zero-order valence-electron chi connectivity index (χ0n) is 11.2. The van der Waals surface area contributed by atoms with Gasteiger partial charge in [-0.3, -0.25) is 9.67 Å². The van der Waals surface area contributed by atoms with Crippen LogP contribution in [0.15, 0.2) is 60.7 Å². The van der Waals surface area contributed by atoms with E-state index in [2.05, 4.69) is 33.8 Å². The number of nitrogens with zero attached hydrogens (tertiary/aromatic N) is 2. The van der Waals surface area contributed by atoms with E-state index in [1.54, 1.807) is 0 Å². The number of hydrogen-bond acceptors (Lipinski definition) is 2. The predicted octanol–water partition coefficient (Wildman–Crippen LogP) is 4.22. The Bertz CT molecular complexity index is 744. The molecule has 0 aliphatic rings. The van der Waals surface area contributed by atoms with Gasteiger partial charge in [0.15, 0.2) is 10.6 Å². The molecule has 0 aliphatic heterocycles. The van der Waals surface area contributed by atoms with E-state index in [1.165, 1.54) is 5.56 Å². The second-order valence-electron chi connectivity index (χ2n) is 4.68. The summed E-state index contributed by atoms with van der Waals surface area (Å²) in [7, 11) is 0. The van der Waals surface area contributed by atoms with Gasteiger partial charge in [0.2, 0.25) is 0 Å². The number of hydrogen-bond donors (Lipinski definition) is 1. The Balaban J connectivity index is 2.11. The van der Waals surface area contributed by atoms with E-state index >= 15 is 0 Å². The van der Waals surface area contributed by atoms with Crippen molar-refractivity contribution in [3.63, 3.8) is 0 Å². The molecule has 0 fully saturated rings. The molecule has 3 aromatic rings. The number of aromatic nitrogens is 3. The van der Waals surface area contributed by atoms with Gasteiger partial charge < -0.3 is 0 Å². The van der Waals surface area contributed by atoms with Crippen LogP contribution in [0.25, 0.3) is 11.4 Å². The third-order valence-corrected chi connectivity index (χ3v) is 3.69. The summed E-state index contributed by atoms with van der Waals surface area (Å²) in [5, 5.41) is 7.28. The van der Waals surface area contributed by atoms with Crippen LogP contribution in [0.4, 0.5) is 0 Å². The van der Waals surface area contributed by atoms with Gasteiger partial charge in [0.05, 0.1) is 6.04 Å².